The third-order valence-electron chi connectivity index (χ3n) is 4.42. The first-order valence-corrected chi connectivity index (χ1v) is 9.44. The van der Waals surface area contributed by atoms with Crippen molar-refractivity contribution in [2.75, 3.05) is 7.11 Å². The topological polar surface area (TPSA) is 86.1 Å². The number of aromatic nitrogens is 3. The molecule has 30 heavy (non-hydrogen) atoms. The molecule has 0 saturated heterocycles. The summed E-state index contributed by atoms with van der Waals surface area (Å²) in [5, 5.41) is 7.00. The van der Waals surface area contributed by atoms with E-state index in [4.69, 9.17) is 4.74 Å². The third-order valence-corrected chi connectivity index (χ3v) is 4.42. The van der Waals surface area contributed by atoms with Crippen LogP contribution in [0.15, 0.2) is 61.2 Å². The lowest BCUT2D eigenvalue weighted by Crippen LogP contribution is -2.45. The van der Waals surface area contributed by atoms with Crippen LogP contribution in [0, 0.1) is 17.8 Å². The summed E-state index contributed by atoms with van der Waals surface area (Å²) < 4.78 is 6.48. The molecule has 0 radical (unpaired) electrons. The maximum atomic E-state index is 12.8. The smallest absolute Gasteiger partial charge is 0.328 e. The molecule has 3 aromatic rings. The number of hydrogen-bond acceptors (Lipinski definition) is 5. The van der Waals surface area contributed by atoms with Gasteiger partial charge in [-0.15, -0.1) is 0 Å². The van der Waals surface area contributed by atoms with E-state index in [0.717, 1.165) is 11.3 Å². The molecule has 1 aromatic carbocycles. The Morgan fingerprint density at radius 1 is 1.13 bits per heavy atom. The molecule has 2 aromatic heterocycles. The van der Waals surface area contributed by atoms with Crippen LogP contribution < -0.4 is 5.32 Å². The van der Waals surface area contributed by atoms with Crippen LogP contribution in [0.5, 0.6) is 0 Å². The fourth-order valence-corrected chi connectivity index (χ4v) is 2.81. The van der Waals surface area contributed by atoms with E-state index in [1.54, 1.807) is 53.7 Å². The summed E-state index contributed by atoms with van der Waals surface area (Å²) in [5.41, 5.74) is 2.50. The Labute approximate surface area is 175 Å². The molecule has 152 valence electrons. The maximum Gasteiger partial charge on any atom is 0.328 e. The maximum absolute atomic E-state index is 12.8. The lowest BCUT2D eigenvalue weighted by Gasteiger charge is -2.20. The zero-order valence-electron chi connectivity index (χ0n) is 17.0. The van der Waals surface area contributed by atoms with Crippen LogP contribution >= 0.6 is 0 Å². The average molecular weight is 402 g/mol. The Balaban J connectivity index is 1.96. The number of carbonyl (C=O) groups is 2. The summed E-state index contributed by atoms with van der Waals surface area (Å²) in [5.74, 6) is 5.18. The Bertz CT molecular complexity index is 1080. The van der Waals surface area contributed by atoms with Crippen molar-refractivity contribution in [3.8, 4) is 17.5 Å². The molecule has 2 heterocycles. The summed E-state index contributed by atoms with van der Waals surface area (Å²) >= 11 is 0. The lowest BCUT2D eigenvalue weighted by molar-refractivity contribution is -0.144. The lowest BCUT2D eigenvalue weighted by atomic mass is 10.0. The summed E-state index contributed by atoms with van der Waals surface area (Å²) in [6, 6.07) is 9.87. The van der Waals surface area contributed by atoms with Gasteiger partial charge >= 0.3 is 5.97 Å². The molecule has 0 bridgehead atoms. The number of carbonyl (C=O) groups excluding carboxylic acids is 2. The highest BCUT2D eigenvalue weighted by Gasteiger charge is 2.25. The fraction of sp³-hybridized carbons (Fsp3) is 0.217. The minimum absolute atomic E-state index is 0.116. The van der Waals surface area contributed by atoms with Gasteiger partial charge in [-0.25, -0.2) is 9.48 Å². The second-order valence-corrected chi connectivity index (χ2v) is 6.89. The van der Waals surface area contributed by atoms with Crippen LogP contribution in [-0.2, 0) is 9.53 Å². The SMILES string of the molecule is COC(=O)[C@@H](NC(=O)c1ccc(-n2cccn2)c(C#Cc2cccnc2)c1)C(C)C. The van der Waals surface area contributed by atoms with Crippen LogP contribution in [-0.4, -0.2) is 39.8 Å². The van der Waals surface area contributed by atoms with Gasteiger partial charge in [-0.3, -0.25) is 9.78 Å². The van der Waals surface area contributed by atoms with Gasteiger partial charge in [-0.05, 0) is 42.3 Å². The van der Waals surface area contributed by atoms with Gasteiger partial charge in [0.15, 0.2) is 0 Å². The molecular formula is C23H22N4O3. The second-order valence-electron chi connectivity index (χ2n) is 6.89. The van der Waals surface area contributed by atoms with Crippen molar-refractivity contribution in [2.45, 2.75) is 19.9 Å². The molecule has 0 spiro atoms. The second kappa shape index (κ2) is 9.52. The average Bonchev–Trinajstić information content (AvgIpc) is 3.30. The zero-order chi connectivity index (χ0) is 21.5. The summed E-state index contributed by atoms with van der Waals surface area (Å²) in [7, 11) is 1.30. The van der Waals surface area contributed by atoms with E-state index in [2.05, 4.69) is 27.2 Å². The minimum Gasteiger partial charge on any atom is -0.467 e. The van der Waals surface area contributed by atoms with Gasteiger partial charge in [0.05, 0.1) is 18.4 Å². The van der Waals surface area contributed by atoms with E-state index in [9.17, 15) is 9.59 Å². The first kappa shape index (κ1) is 20.8. The van der Waals surface area contributed by atoms with Crippen LogP contribution in [0.25, 0.3) is 5.69 Å². The van der Waals surface area contributed by atoms with Crippen molar-refractivity contribution in [3.63, 3.8) is 0 Å². The molecule has 0 saturated carbocycles. The van der Waals surface area contributed by atoms with Crippen molar-refractivity contribution in [1.29, 1.82) is 0 Å². The number of pyridine rings is 1. The van der Waals surface area contributed by atoms with Crippen molar-refractivity contribution < 1.29 is 14.3 Å². The molecular weight excluding hydrogens is 380 g/mol. The van der Waals surface area contributed by atoms with Gasteiger partial charge in [-0.1, -0.05) is 25.7 Å². The highest BCUT2D eigenvalue weighted by Crippen LogP contribution is 2.16. The minimum atomic E-state index is -0.738. The number of rotatable bonds is 5. The predicted octanol–water partition coefficient (Wildman–Crippen LogP) is 2.59. The van der Waals surface area contributed by atoms with Gasteiger partial charge in [0.1, 0.15) is 6.04 Å². The molecule has 1 amide bonds. The summed E-state index contributed by atoms with van der Waals surface area (Å²) in [4.78, 5) is 28.8. The van der Waals surface area contributed by atoms with E-state index in [0.29, 0.717) is 11.1 Å². The van der Waals surface area contributed by atoms with E-state index >= 15 is 0 Å². The number of methoxy groups -OCH3 is 1. The molecule has 0 fully saturated rings. The van der Waals surface area contributed by atoms with Gasteiger partial charge in [0.2, 0.25) is 0 Å². The van der Waals surface area contributed by atoms with Crippen molar-refractivity contribution in [1.82, 2.24) is 20.1 Å². The van der Waals surface area contributed by atoms with Gasteiger partial charge in [0, 0.05) is 35.9 Å². The molecule has 7 heteroatoms. The van der Waals surface area contributed by atoms with Crippen molar-refractivity contribution >= 4 is 11.9 Å². The zero-order valence-corrected chi connectivity index (χ0v) is 17.0. The van der Waals surface area contributed by atoms with E-state index in [-0.39, 0.29) is 11.8 Å². The first-order chi connectivity index (χ1) is 14.5. The number of esters is 1. The summed E-state index contributed by atoms with van der Waals surface area (Å²) in [6.45, 7) is 3.68. The molecule has 3 rings (SSSR count). The van der Waals surface area contributed by atoms with Crippen LogP contribution in [0.4, 0.5) is 0 Å². The number of nitrogens with one attached hydrogen (secondary N) is 1. The van der Waals surface area contributed by atoms with Crippen LogP contribution in [0.3, 0.4) is 0 Å². The predicted molar refractivity (Wildman–Crippen MR) is 112 cm³/mol. The van der Waals surface area contributed by atoms with Crippen LogP contribution in [0.1, 0.15) is 35.3 Å². The van der Waals surface area contributed by atoms with Crippen LogP contribution in [0.2, 0.25) is 0 Å². The molecule has 1 N–H and O–H groups in total. The molecule has 0 aliphatic rings. The number of nitrogens with zero attached hydrogens (tertiary/aromatic N) is 3. The van der Waals surface area contributed by atoms with Gasteiger partial charge in [0.25, 0.3) is 5.91 Å². The monoisotopic (exact) mass is 402 g/mol. The highest BCUT2D eigenvalue weighted by atomic mass is 16.5. The Hall–Kier alpha value is -3.92. The Morgan fingerprint density at radius 2 is 1.97 bits per heavy atom. The standard InChI is InChI=1S/C23H22N4O3/c1-16(2)21(23(29)30-3)26-22(28)19-9-10-20(27-13-5-12-25-27)18(14-19)8-7-17-6-4-11-24-15-17/h4-6,9-16,21H,1-3H3,(H,26,28)/t21-/m0/s1. The van der Waals surface area contributed by atoms with E-state index in [1.807, 2.05) is 26.0 Å². The number of hydrogen-bond donors (Lipinski definition) is 1. The van der Waals surface area contributed by atoms with Crippen molar-refractivity contribution in [2.24, 2.45) is 5.92 Å². The highest BCUT2D eigenvalue weighted by molar-refractivity contribution is 5.97. The molecule has 0 unspecified atom stereocenters. The normalized spacial score (nSPS) is 11.3. The Morgan fingerprint density at radius 3 is 2.60 bits per heavy atom. The number of amides is 1. The molecule has 1 atom stereocenters. The quantitative estimate of drug-likeness (QED) is 0.524. The Kier molecular flexibility index (Phi) is 6.60. The number of ether oxygens (including phenoxy) is 1. The van der Waals surface area contributed by atoms with E-state index in [1.165, 1.54) is 7.11 Å². The number of benzene rings is 1. The first-order valence-electron chi connectivity index (χ1n) is 9.44. The third kappa shape index (κ3) is 4.92. The fourth-order valence-electron chi connectivity index (χ4n) is 2.81. The summed E-state index contributed by atoms with van der Waals surface area (Å²) in [6.07, 6.45) is 6.82. The van der Waals surface area contributed by atoms with E-state index < -0.39 is 12.0 Å². The molecule has 0 aliphatic heterocycles. The molecule has 7 nitrogen and oxygen atoms in total. The van der Waals surface area contributed by atoms with Crippen molar-refractivity contribution in [3.05, 3.63) is 77.9 Å². The van der Waals surface area contributed by atoms with Gasteiger partial charge in [-0.2, -0.15) is 5.10 Å². The molecule has 0 aliphatic carbocycles. The largest absolute Gasteiger partial charge is 0.467 e. The van der Waals surface area contributed by atoms with Gasteiger partial charge < -0.3 is 10.1 Å².